The number of benzene rings is 3. The van der Waals surface area contributed by atoms with Crippen molar-refractivity contribution in [1.82, 2.24) is 0 Å². The number of hydrogen-bond acceptors (Lipinski definition) is 4. The Morgan fingerprint density at radius 2 is 1.76 bits per heavy atom. The van der Waals surface area contributed by atoms with Gasteiger partial charge in [-0.1, -0.05) is 18.2 Å². The van der Waals surface area contributed by atoms with Crippen LogP contribution in [0.4, 0.5) is 27.1 Å². The maximum atomic E-state index is 14.4. The van der Waals surface area contributed by atoms with Gasteiger partial charge < -0.3 is 20.6 Å². The lowest BCUT2D eigenvalue weighted by atomic mass is 10.1. The first-order chi connectivity index (χ1) is 14.1. The average molecular weight is 391 g/mol. The lowest BCUT2D eigenvalue weighted by Gasteiger charge is -2.18. The van der Waals surface area contributed by atoms with Gasteiger partial charge in [0.15, 0.2) is 0 Å². The van der Waals surface area contributed by atoms with E-state index in [9.17, 15) is 14.3 Å². The van der Waals surface area contributed by atoms with Crippen LogP contribution in [0.15, 0.2) is 72.8 Å². The van der Waals surface area contributed by atoms with Crippen molar-refractivity contribution >= 4 is 28.7 Å². The summed E-state index contributed by atoms with van der Waals surface area (Å²) in [5.74, 6) is -0.754. The standard InChI is InChI=1S/C23H22FN3O2/c24-21-14-18(8-11-22(21)25-17-4-2-1-3-5-17)26-23(29)16-6-9-19(10-7-16)27-13-12-20(28)15-27/h1-11,14,20,25,28H,12-13,15H2,(H,26,29). The van der Waals surface area contributed by atoms with Crippen LogP contribution >= 0.6 is 0 Å². The van der Waals surface area contributed by atoms with Gasteiger partial charge >= 0.3 is 0 Å². The second-order valence-electron chi connectivity index (χ2n) is 7.08. The number of nitrogens with one attached hydrogen (secondary N) is 2. The number of carbonyl (C=O) groups is 1. The van der Waals surface area contributed by atoms with Gasteiger partial charge in [0.25, 0.3) is 5.91 Å². The number of β-amino-alcohol motifs (C(OH)–C–C–N with tert-alkyl or cyclic N) is 1. The molecule has 3 aromatic carbocycles. The molecule has 1 unspecified atom stereocenters. The molecule has 0 spiro atoms. The van der Waals surface area contributed by atoms with E-state index in [1.165, 1.54) is 6.07 Å². The zero-order valence-corrected chi connectivity index (χ0v) is 15.8. The molecule has 29 heavy (non-hydrogen) atoms. The molecule has 0 bridgehead atoms. The van der Waals surface area contributed by atoms with Crippen molar-refractivity contribution in [2.24, 2.45) is 0 Å². The topological polar surface area (TPSA) is 64.6 Å². The third-order valence-electron chi connectivity index (χ3n) is 4.94. The largest absolute Gasteiger partial charge is 0.391 e. The molecule has 6 heteroatoms. The van der Waals surface area contributed by atoms with E-state index in [0.29, 0.717) is 23.5 Å². The molecule has 5 nitrogen and oxygen atoms in total. The lowest BCUT2D eigenvalue weighted by molar-refractivity contribution is 0.102. The van der Waals surface area contributed by atoms with Crippen molar-refractivity contribution in [1.29, 1.82) is 0 Å². The zero-order chi connectivity index (χ0) is 20.2. The van der Waals surface area contributed by atoms with Crippen molar-refractivity contribution in [2.45, 2.75) is 12.5 Å². The molecule has 1 saturated heterocycles. The van der Waals surface area contributed by atoms with E-state index in [4.69, 9.17) is 0 Å². The van der Waals surface area contributed by atoms with E-state index in [1.54, 1.807) is 24.3 Å². The molecule has 148 valence electrons. The Labute approximate surface area is 168 Å². The Bertz CT molecular complexity index is 993. The summed E-state index contributed by atoms with van der Waals surface area (Å²) in [6.45, 7) is 1.41. The van der Waals surface area contributed by atoms with Crippen LogP contribution in [-0.4, -0.2) is 30.2 Å². The monoisotopic (exact) mass is 391 g/mol. The SMILES string of the molecule is O=C(Nc1ccc(Nc2ccccc2)c(F)c1)c1ccc(N2CCC(O)C2)cc1. The third-order valence-corrected chi connectivity index (χ3v) is 4.94. The molecule has 3 N–H and O–H groups in total. The van der Waals surface area contributed by atoms with Crippen molar-refractivity contribution in [3.05, 3.63) is 84.2 Å². The highest BCUT2D eigenvalue weighted by Crippen LogP contribution is 2.24. The molecule has 0 aliphatic carbocycles. The van der Waals surface area contributed by atoms with Gasteiger partial charge in [0.05, 0.1) is 11.8 Å². The van der Waals surface area contributed by atoms with E-state index in [2.05, 4.69) is 15.5 Å². The molecular formula is C23H22FN3O2. The van der Waals surface area contributed by atoms with Gasteiger partial charge in [-0.2, -0.15) is 0 Å². The molecule has 0 saturated carbocycles. The lowest BCUT2D eigenvalue weighted by Crippen LogP contribution is -2.21. The van der Waals surface area contributed by atoms with E-state index in [1.807, 2.05) is 42.5 Å². The van der Waals surface area contributed by atoms with Gasteiger partial charge in [-0.25, -0.2) is 4.39 Å². The maximum Gasteiger partial charge on any atom is 0.255 e. The minimum Gasteiger partial charge on any atom is -0.391 e. The summed E-state index contributed by atoms with van der Waals surface area (Å²) in [6.07, 6.45) is 0.454. The van der Waals surface area contributed by atoms with Crippen molar-refractivity contribution < 1.29 is 14.3 Å². The second-order valence-corrected chi connectivity index (χ2v) is 7.08. The van der Waals surface area contributed by atoms with Crippen LogP contribution in [-0.2, 0) is 0 Å². The van der Waals surface area contributed by atoms with Gasteiger partial charge in [-0.3, -0.25) is 4.79 Å². The second kappa shape index (κ2) is 8.32. The number of aliphatic hydroxyl groups is 1. The van der Waals surface area contributed by atoms with Gasteiger partial charge in [0.2, 0.25) is 0 Å². The summed E-state index contributed by atoms with van der Waals surface area (Å²) in [5.41, 5.74) is 2.97. The van der Waals surface area contributed by atoms with E-state index >= 15 is 0 Å². The van der Waals surface area contributed by atoms with E-state index < -0.39 is 5.82 Å². The number of nitrogens with zero attached hydrogens (tertiary/aromatic N) is 1. The smallest absolute Gasteiger partial charge is 0.255 e. The number of halogens is 1. The first kappa shape index (κ1) is 19.0. The predicted molar refractivity (Wildman–Crippen MR) is 113 cm³/mol. The van der Waals surface area contributed by atoms with Crippen molar-refractivity contribution in [2.75, 3.05) is 28.6 Å². The Kier molecular flexibility index (Phi) is 5.44. The minimum absolute atomic E-state index is 0.299. The molecule has 1 atom stereocenters. The number of anilines is 4. The summed E-state index contributed by atoms with van der Waals surface area (Å²) < 4.78 is 14.4. The number of amides is 1. The Balaban J connectivity index is 1.41. The number of para-hydroxylation sites is 1. The highest BCUT2D eigenvalue weighted by molar-refractivity contribution is 6.04. The summed E-state index contributed by atoms with van der Waals surface area (Å²) in [4.78, 5) is 14.6. The van der Waals surface area contributed by atoms with E-state index in [-0.39, 0.29) is 12.0 Å². The van der Waals surface area contributed by atoms with Gasteiger partial charge in [-0.15, -0.1) is 0 Å². The number of hydrogen-bond donors (Lipinski definition) is 3. The van der Waals surface area contributed by atoms with Crippen LogP contribution in [0, 0.1) is 5.82 Å². The van der Waals surface area contributed by atoms with Gasteiger partial charge in [0, 0.05) is 35.7 Å². The average Bonchev–Trinajstić information content (AvgIpc) is 3.17. The van der Waals surface area contributed by atoms with Gasteiger partial charge in [0.1, 0.15) is 5.82 Å². The van der Waals surface area contributed by atoms with Crippen molar-refractivity contribution in [3.63, 3.8) is 0 Å². The molecule has 1 heterocycles. The highest BCUT2D eigenvalue weighted by atomic mass is 19.1. The minimum atomic E-state index is -0.449. The van der Waals surface area contributed by atoms with Gasteiger partial charge in [-0.05, 0) is 61.0 Å². The quantitative estimate of drug-likeness (QED) is 0.604. The van der Waals surface area contributed by atoms with Crippen LogP contribution < -0.4 is 15.5 Å². The highest BCUT2D eigenvalue weighted by Gasteiger charge is 2.20. The summed E-state index contributed by atoms with van der Waals surface area (Å²) in [6, 6.07) is 21.1. The zero-order valence-electron chi connectivity index (χ0n) is 15.8. The Hall–Kier alpha value is -3.38. The molecule has 4 rings (SSSR count). The predicted octanol–water partition coefficient (Wildman–Crippen LogP) is 4.39. The number of aliphatic hydroxyl groups excluding tert-OH is 1. The summed E-state index contributed by atoms with van der Waals surface area (Å²) in [5, 5.41) is 15.4. The first-order valence-electron chi connectivity index (χ1n) is 9.54. The van der Waals surface area contributed by atoms with Crippen LogP contribution in [0.1, 0.15) is 16.8 Å². The molecule has 0 radical (unpaired) electrons. The molecule has 1 fully saturated rings. The first-order valence-corrected chi connectivity index (χ1v) is 9.54. The molecule has 1 amide bonds. The van der Waals surface area contributed by atoms with Crippen LogP contribution in [0.3, 0.4) is 0 Å². The fourth-order valence-electron chi connectivity index (χ4n) is 3.37. The fourth-order valence-corrected chi connectivity index (χ4v) is 3.37. The Morgan fingerprint density at radius 1 is 1.00 bits per heavy atom. The maximum absolute atomic E-state index is 14.4. The summed E-state index contributed by atoms with van der Waals surface area (Å²) >= 11 is 0. The van der Waals surface area contributed by atoms with Crippen molar-refractivity contribution in [3.8, 4) is 0 Å². The molecule has 1 aliphatic heterocycles. The van der Waals surface area contributed by atoms with Crippen LogP contribution in [0.5, 0.6) is 0 Å². The van der Waals surface area contributed by atoms with Crippen LogP contribution in [0.25, 0.3) is 0 Å². The van der Waals surface area contributed by atoms with Crippen LogP contribution in [0.2, 0.25) is 0 Å². The summed E-state index contributed by atoms with van der Waals surface area (Å²) in [7, 11) is 0. The Morgan fingerprint density at radius 3 is 2.41 bits per heavy atom. The fraction of sp³-hybridized carbons (Fsp3) is 0.174. The van der Waals surface area contributed by atoms with E-state index in [0.717, 1.165) is 24.3 Å². The molecular weight excluding hydrogens is 369 g/mol. The number of rotatable bonds is 5. The molecule has 3 aromatic rings. The normalized spacial score (nSPS) is 15.9. The third kappa shape index (κ3) is 4.55. The number of carbonyl (C=O) groups excluding carboxylic acids is 1. The molecule has 0 aromatic heterocycles. The molecule has 1 aliphatic rings.